The van der Waals surface area contributed by atoms with Crippen LogP contribution in [0.1, 0.15) is 17.8 Å². The van der Waals surface area contributed by atoms with Gasteiger partial charge in [-0.05, 0) is 18.4 Å². The molecular formula is C18H29IN6OS. The van der Waals surface area contributed by atoms with Crippen LogP contribution in [0.2, 0.25) is 0 Å². The molecule has 7 nitrogen and oxygen atoms in total. The number of guanidine groups is 1. The molecule has 150 valence electrons. The number of thiophene rings is 1. The van der Waals surface area contributed by atoms with E-state index >= 15 is 0 Å². The normalized spacial score (nSPS) is 16.6. The molecule has 1 atom stereocenters. The zero-order valence-corrected chi connectivity index (χ0v) is 18.9. The van der Waals surface area contributed by atoms with Crippen LogP contribution in [-0.4, -0.2) is 66.3 Å². The monoisotopic (exact) mass is 504 g/mol. The summed E-state index contributed by atoms with van der Waals surface area (Å²) in [5, 5.41) is 8.89. The van der Waals surface area contributed by atoms with Crippen LogP contribution < -0.4 is 10.6 Å². The lowest BCUT2D eigenvalue weighted by molar-refractivity contribution is 0.0186. The second-order valence-corrected chi connectivity index (χ2v) is 7.11. The summed E-state index contributed by atoms with van der Waals surface area (Å²) in [7, 11) is 0. The topological polar surface area (TPSA) is 66.7 Å². The molecule has 0 bridgehead atoms. The van der Waals surface area contributed by atoms with Crippen LogP contribution in [-0.2, 0) is 11.3 Å². The van der Waals surface area contributed by atoms with Gasteiger partial charge < -0.3 is 19.9 Å². The van der Waals surface area contributed by atoms with E-state index in [9.17, 15) is 0 Å². The molecule has 1 aliphatic rings. The SMILES string of the molecule is CCNC(=NCC(c1cccs1)N1CCOCC1)NCCn1ccnc1.I. The second-order valence-electron chi connectivity index (χ2n) is 6.13. The number of aliphatic imine (C=N–C) groups is 1. The fourth-order valence-corrected chi connectivity index (χ4v) is 3.85. The third-order valence-corrected chi connectivity index (χ3v) is 5.32. The van der Waals surface area contributed by atoms with Gasteiger partial charge in [0.1, 0.15) is 0 Å². The summed E-state index contributed by atoms with van der Waals surface area (Å²) in [4.78, 5) is 12.8. The number of nitrogens with one attached hydrogen (secondary N) is 2. The lowest BCUT2D eigenvalue weighted by atomic mass is 10.2. The number of morpholine rings is 1. The van der Waals surface area contributed by atoms with Gasteiger partial charge >= 0.3 is 0 Å². The Morgan fingerprint density at radius 1 is 1.37 bits per heavy atom. The number of halogens is 1. The molecule has 1 fully saturated rings. The van der Waals surface area contributed by atoms with Crippen LogP contribution in [0.5, 0.6) is 0 Å². The first-order valence-corrected chi connectivity index (χ1v) is 10.1. The van der Waals surface area contributed by atoms with Crippen molar-refractivity contribution in [3.8, 4) is 0 Å². The minimum absolute atomic E-state index is 0. The van der Waals surface area contributed by atoms with Crippen LogP contribution >= 0.6 is 35.3 Å². The zero-order valence-electron chi connectivity index (χ0n) is 15.7. The molecule has 1 aliphatic heterocycles. The summed E-state index contributed by atoms with van der Waals surface area (Å²) >= 11 is 1.80. The number of hydrogen-bond donors (Lipinski definition) is 2. The summed E-state index contributed by atoms with van der Waals surface area (Å²) in [5.41, 5.74) is 0. The first-order chi connectivity index (χ1) is 12.9. The van der Waals surface area contributed by atoms with E-state index in [0.717, 1.165) is 58.4 Å². The second kappa shape index (κ2) is 12.3. The summed E-state index contributed by atoms with van der Waals surface area (Å²) in [6.07, 6.45) is 5.60. The van der Waals surface area contributed by atoms with Crippen molar-refractivity contribution < 1.29 is 4.74 Å². The maximum Gasteiger partial charge on any atom is 0.191 e. The molecule has 9 heteroatoms. The first-order valence-electron chi connectivity index (χ1n) is 9.20. The molecule has 0 aromatic carbocycles. The van der Waals surface area contributed by atoms with Crippen molar-refractivity contribution in [1.82, 2.24) is 25.1 Å². The maximum atomic E-state index is 5.51. The van der Waals surface area contributed by atoms with Gasteiger partial charge in [0, 0.05) is 50.0 Å². The fourth-order valence-electron chi connectivity index (χ4n) is 3.00. The van der Waals surface area contributed by atoms with E-state index in [1.807, 2.05) is 12.5 Å². The third-order valence-electron chi connectivity index (χ3n) is 4.35. The first kappa shape index (κ1) is 22.1. The highest BCUT2D eigenvalue weighted by Gasteiger charge is 2.23. The van der Waals surface area contributed by atoms with Crippen molar-refractivity contribution in [2.24, 2.45) is 4.99 Å². The van der Waals surface area contributed by atoms with E-state index in [1.54, 1.807) is 17.5 Å². The molecule has 2 N–H and O–H groups in total. The molecule has 0 saturated carbocycles. The molecule has 2 aromatic heterocycles. The van der Waals surface area contributed by atoms with Gasteiger partial charge in [-0.3, -0.25) is 9.89 Å². The molecule has 0 radical (unpaired) electrons. The fraction of sp³-hybridized carbons (Fsp3) is 0.556. The molecule has 27 heavy (non-hydrogen) atoms. The summed E-state index contributed by atoms with van der Waals surface area (Å²) in [6.45, 7) is 8.87. The van der Waals surface area contributed by atoms with Gasteiger partial charge in [0.25, 0.3) is 0 Å². The molecule has 3 rings (SSSR count). The van der Waals surface area contributed by atoms with Crippen molar-refractivity contribution >= 4 is 41.3 Å². The number of ether oxygens (including phenoxy) is 1. The predicted octanol–water partition coefficient (Wildman–Crippen LogP) is 2.19. The number of hydrogen-bond acceptors (Lipinski definition) is 5. The van der Waals surface area contributed by atoms with E-state index in [2.05, 4.69) is 49.5 Å². The highest BCUT2D eigenvalue weighted by atomic mass is 127. The molecule has 0 amide bonds. The van der Waals surface area contributed by atoms with Gasteiger partial charge in [-0.15, -0.1) is 35.3 Å². The Bertz CT molecular complexity index is 643. The van der Waals surface area contributed by atoms with Gasteiger partial charge in [-0.25, -0.2) is 4.98 Å². The highest BCUT2D eigenvalue weighted by Crippen LogP contribution is 2.26. The van der Waals surface area contributed by atoms with Gasteiger partial charge in [0.2, 0.25) is 0 Å². The molecular weight excluding hydrogens is 475 g/mol. The van der Waals surface area contributed by atoms with E-state index < -0.39 is 0 Å². The summed E-state index contributed by atoms with van der Waals surface area (Å²) in [5.74, 6) is 0.863. The Kier molecular flexibility index (Phi) is 10.1. The molecule has 3 heterocycles. The van der Waals surface area contributed by atoms with Crippen molar-refractivity contribution in [2.75, 3.05) is 45.9 Å². The Balaban J connectivity index is 0.00000261. The Hall–Kier alpha value is -1.17. The quantitative estimate of drug-likeness (QED) is 0.328. The van der Waals surface area contributed by atoms with E-state index in [4.69, 9.17) is 9.73 Å². The van der Waals surface area contributed by atoms with Crippen molar-refractivity contribution in [3.63, 3.8) is 0 Å². The zero-order chi connectivity index (χ0) is 18.0. The van der Waals surface area contributed by atoms with Gasteiger partial charge in [0.15, 0.2) is 5.96 Å². The Morgan fingerprint density at radius 2 is 2.22 bits per heavy atom. The maximum absolute atomic E-state index is 5.51. The Morgan fingerprint density at radius 3 is 2.89 bits per heavy atom. The van der Waals surface area contributed by atoms with Crippen LogP contribution in [0.15, 0.2) is 41.2 Å². The standard InChI is InChI=1S/C18H28N6OS.HI/c1-2-20-18(21-6-8-23-7-5-19-15-23)22-14-16(17-4-3-13-26-17)24-9-11-25-12-10-24;/h3-5,7,13,15-16H,2,6,8-12,14H2,1H3,(H2,20,21,22);1H. The number of rotatable bonds is 8. The van der Waals surface area contributed by atoms with Gasteiger partial charge in [-0.1, -0.05) is 6.07 Å². The molecule has 1 saturated heterocycles. The molecule has 0 aliphatic carbocycles. The smallest absolute Gasteiger partial charge is 0.191 e. The van der Waals surface area contributed by atoms with E-state index in [1.165, 1.54) is 4.88 Å². The van der Waals surface area contributed by atoms with Crippen molar-refractivity contribution in [3.05, 3.63) is 41.1 Å². The Labute approximate surface area is 182 Å². The summed E-state index contributed by atoms with van der Waals surface area (Å²) in [6, 6.07) is 4.63. The third kappa shape index (κ3) is 7.05. The van der Waals surface area contributed by atoms with Crippen LogP contribution in [0.4, 0.5) is 0 Å². The van der Waals surface area contributed by atoms with Crippen molar-refractivity contribution in [2.45, 2.75) is 19.5 Å². The van der Waals surface area contributed by atoms with Gasteiger partial charge in [0.05, 0.1) is 32.1 Å². The molecule has 2 aromatic rings. The van der Waals surface area contributed by atoms with Crippen molar-refractivity contribution in [1.29, 1.82) is 0 Å². The molecule has 0 spiro atoms. The van der Waals surface area contributed by atoms with Crippen LogP contribution in [0, 0.1) is 0 Å². The predicted molar refractivity (Wildman–Crippen MR) is 121 cm³/mol. The number of imidazole rings is 1. The average molecular weight is 504 g/mol. The minimum atomic E-state index is 0. The minimum Gasteiger partial charge on any atom is -0.379 e. The lowest BCUT2D eigenvalue weighted by Crippen LogP contribution is -2.42. The largest absolute Gasteiger partial charge is 0.379 e. The van der Waals surface area contributed by atoms with Crippen LogP contribution in [0.25, 0.3) is 0 Å². The average Bonchev–Trinajstić information content (AvgIpc) is 3.37. The number of aromatic nitrogens is 2. The van der Waals surface area contributed by atoms with E-state index in [-0.39, 0.29) is 24.0 Å². The molecule has 1 unspecified atom stereocenters. The van der Waals surface area contributed by atoms with E-state index in [0.29, 0.717) is 6.04 Å². The van der Waals surface area contributed by atoms with Crippen LogP contribution in [0.3, 0.4) is 0 Å². The summed E-state index contributed by atoms with van der Waals surface area (Å²) < 4.78 is 7.57. The lowest BCUT2D eigenvalue weighted by Gasteiger charge is -2.33. The highest BCUT2D eigenvalue weighted by molar-refractivity contribution is 14.0. The van der Waals surface area contributed by atoms with Gasteiger partial charge in [-0.2, -0.15) is 0 Å². The number of nitrogens with zero attached hydrogens (tertiary/aromatic N) is 4.